The van der Waals surface area contributed by atoms with Crippen LogP contribution >= 0.6 is 8.03 Å². The summed E-state index contributed by atoms with van der Waals surface area (Å²) in [6.45, 7) is 1.65. The number of ether oxygens (including phenoxy) is 1. The lowest BCUT2D eigenvalue weighted by molar-refractivity contribution is 0.0580. The highest BCUT2D eigenvalue weighted by molar-refractivity contribution is 7.38. The van der Waals surface area contributed by atoms with Gasteiger partial charge in [0.25, 0.3) is 0 Å². The van der Waals surface area contributed by atoms with Gasteiger partial charge >= 0.3 is 0 Å². The molecule has 0 fully saturated rings. The molecule has 0 aliphatic heterocycles. The number of hydrogen-bond donors (Lipinski definition) is 0. The first kappa shape index (κ1) is 7.15. The molecule has 0 N–H and O–H groups in total. The van der Waals surface area contributed by atoms with Crippen LogP contribution in [-0.4, -0.2) is 20.6 Å². The topological polar surface area (TPSA) is 35.5 Å². The van der Waals surface area contributed by atoms with E-state index in [1.165, 1.54) is 13.8 Å². The molecule has 7 heavy (non-hydrogen) atoms. The Kier molecular flexibility index (Phi) is 4.41. The molecular weight excluding hydrogens is 115 g/mol. The Morgan fingerprint density at radius 3 is 2.43 bits per heavy atom. The van der Waals surface area contributed by atoms with E-state index in [4.69, 9.17) is 0 Å². The van der Waals surface area contributed by atoms with Crippen LogP contribution in [0.15, 0.2) is 0 Å². The maximum absolute atomic E-state index is 10.1. The van der Waals surface area contributed by atoms with Gasteiger partial charge in [0.05, 0.1) is 0 Å². The Balaban J connectivity index is 2.82. The zero-order chi connectivity index (χ0) is 5.70. The van der Waals surface area contributed by atoms with E-state index >= 15 is 0 Å². The van der Waals surface area contributed by atoms with Gasteiger partial charge in [0, 0.05) is 13.8 Å². The normalized spacial score (nSPS) is 14.0. The lowest BCUT2D eigenvalue weighted by Crippen LogP contribution is -1.86. The van der Waals surface area contributed by atoms with Crippen molar-refractivity contribution < 1.29 is 13.8 Å². The van der Waals surface area contributed by atoms with Crippen molar-refractivity contribution in [2.24, 2.45) is 0 Å². The summed E-state index contributed by atoms with van der Waals surface area (Å²) in [5.41, 5.74) is 0. The van der Waals surface area contributed by atoms with Gasteiger partial charge in [0.15, 0.2) is 14.8 Å². The Bertz CT molecular complexity index is 63.2. The van der Waals surface area contributed by atoms with Gasteiger partial charge in [-0.25, -0.2) is 0 Å². The highest BCUT2D eigenvalue weighted by Crippen LogP contribution is 2.13. The summed E-state index contributed by atoms with van der Waals surface area (Å²) in [5, 5.41) is 0. The van der Waals surface area contributed by atoms with Gasteiger partial charge < -0.3 is 9.26 Å². The number of rotatable bonds is 3. The lowest BCUT2D eigenvalue weighted by atomic mass is 11.4. The third-order valence-corrected chi connectivity index (χ3v) is 0.904. The van der Waals surface area contributed by atoms with E-state index in [-0.39, 0.29) is 6.79 Å². The van der Waals surface area contributed by atoms with Crippen molar-refractivity contribution in [3.05, 3.63) is 0 Å². The predicted molar refractivity (Wildman–Crippen MR) is 27.9 cm³/mol. The first-order valence-electron chi connectivity index (χ1n) is 1.89. The second kappa shape index (κ2) is 4.31. The zero-order valence-corrected chi connectivity index (χ0v) is 5.43. The maximum Gasteiger partial charge on any atom is 0.190 e. The fourth-order valence-electron chi connectivity index (χ4n) is 0.142. The fourth-order valence-corrected chi connectivity index (χ4v) is 0.426. The molecule has 44 valence electrons. The van der Waals surface area contributed by atoms with Crippen LogP contribution in [0.2, 0.25) is 0 Å². The van der Waals surface area contributed by atoms with Gasteiger partial charge in [-0.1, -0.05) is 0 Å². The van der Waals surface area contributed by atoms with Crippen LogP contribution < -0.4 is 0 Å². The van der Waals surface area contributed by atoms with Crippen LogP contribution in [0.4, 0.5) is 0 Å². The van der Waals surface area contributed by atoms with Gasteiger partial charge in [-0.15, -0.1) is 0 Å². The Morgan fingerprint density at radius 2 is 2.29 bits per heavy atom. The average molecular weight is 124 g/mol. The Hall–Kier alpha value is 0.150. The molecule has 0 rings (SSSR count). The van der Waals surface area contributed by atoms with Gasteiger partial charge in [-0.2, -0.15) is 0 Å². The molecule has 0 heterocycles. The molecule has 3 nitrogen and oxygen atoms in total. The molecule has 0 aliphatic carbocycles. The summed E-state index contributed by atoms with van der Waals surface area (Å²) in [4.78, 5) is 0. The molecule has 4 heteroatoms. The highest BCUT2D eigenvalue weighted by Gasteiger charge is 1.83. The lowest BCUT2D eigenvalue weighted by Gasteiger charge is -1.93. The Morgan fingerprint density at radius 1 is 1.71 bits per heavy atom. The van der Waals surface area contributed by atoms with Gasteiger partial charge in [0.2, 0.25) is 0 Å². The van der Waals surface area contributed by atoms with Crippen LogP contribution in [0, 0.1) is 0 Å². The van der Waals surface area contributed by atoms with Gasteiger partial charge in [-0.3, -0.25) is 4.57 Å². The minimum absolute atomic E-state index is 0.133. The molecule has 0 saturated carbocycles. The zero-order valence-electron chi connectivity index (χ0n) is 4.43. The largest absolute Gasteiger partial charge is 0.358 e. The van der Waals surface area contributed by atoms with Crippen LogP contribution in [0.5, 0.6) is 0 Å². The first-order valence-corrected chi connectivity index (χ1v) is 3.71. The maximum atomic E-state index is 10.1. The second-order valence-electron chi connectivity index (χ2n) is 1.04. The summed E-state index contributed by atoms with van der Waals surface area (Å²) in [7, 11) is -0.281. The van der Waals surface area contributed by atoms with Crippen molar-refractivity contribution in [2.75, 3.05) is 20.6 Å². The summed E-state index contributed by atoms with van der Waals surface area (Å²) in [6.07, 6.45) is 0. The third kappa shape index (κ3) is 6.15. The number of hydrogen-bond acceptors (Lipinski definition) is 3. The van der Waals surface area contributed by atoms with Gasteiger partial charge in [-0.05, 0) is 0 Å². The van der Waals surface area contributed by atoms with Crippen molar-refractivity contribution in [3.8, 4) is 0 Å². The van der Waals surface area contributed by atoms with E-state index in [9.17, 15) is 4.57 Å². The van der Waals surface area contributed by atoms with Gasteiger partial charge in [0.1, 0.15) is 0 Å². The minimum Gasteiger partial charge on any atom is -0.358 e. The minimum atomic E-state index is -1.77. The summed E-state index contributed by atoms with van der Waals surface area (Å²) in [5.74, 6) is 0. The molecule has 0 radical (unpaired) electrons. The van der Waals surface area contributed by atoms with Crippen molar-refractivity contribution in [3.63, 3.8) is 0 Å². The molecule has 0 spiro atoms. The van der Waals surface area contributed by atoms with E-state index in [0.717, 1.165) is 0 Å². The van der Waals surface area contributed by atoms with E-state index < -0.39 is 8.03 Å². The van der Waals surface area contributed by atoms with E-state index in [2.05, 4.69) is 9.26 Å². The monoisotopic (exact) mass is 124 g/mol. The van der Waals surface area contributed by atoms with Crippen LogP contribution in [0.1, 0.15) is 0 Å². The third-order valence-electron chi connectivity index (χ3n) is 0.380. The summed E-state index contributed by atoms with van der Waals surface area (Å²) < 4.78 is 19.1. The molecule has 1 unspecified atom stereocenters. The summed E-state index contributed by atoms with van der Waals surface area (Å²) >= 11 is 0. The van der Waals surface area contributed by atoms with Crippen molar-refractivity contribution in [1.82, 2.24) is 0 Å². The molecule has 0 bridgehead atoms. The molecule has 1 atom stereocenters. The standard InChI is InChI=1S/C3H9O3P/c1-5-3-6-7(2)4/h7H,3H2,1-2H3. The number of methoxy groups -OCH3 is 1. The molecule has 0 saturated heterocycles. The van der Waals surface area contributed by atoms with Crippen LogP contribution in [0.25, 0.3) is 0 Å². The van der Waals surface area contributed by atoms with Crippen LogP contribution in [-0.2, 0) is 13.8 Å². The molecule has 0 aromatic carbocycles. The molecular formula is C3H9O3P. The van der Waals surface area contributed by atoms with Crippen molar-refractivity contribution in [1.29, 1.82) is 0 Å². The smallest absolute Gasteiger partial charge is 0.190 e. The SMILES string of the molecule is COCO[PH](C)=O. The first-order chi connectivity index (χ1) is 3.27. The fraction of sp³-hybridized carbons (Fsp3) is 1.00. The predicted octanol–water partition coefficient (Wildman–Crippen LogP) is 0.711. The van der Waals surface area contributed by atoms with E-state index in [1.807, 2.05) is 0 Å². The molecule has 0 amide bonds. The van der Waals surface area contributed by atoms with Crippen LogP contribution in [0.3, 0.4) is 0 Å². The van der Waals surface area contributed by atoms with E-state index in [1.54, 1.807) is 0 Å². The summed E-state index contributed by atoms with van der Waals surface area (Å²) in [6, 6.07) is 0. The molecule has 0 aliphatic rings. The molecule has 0 aromatic rings. The average Bonchev–Trinajstić information content (AvgIpc) is 1.61. The molecule has 0 aromatic heterocycles. The Labute approximate surface area is 43.5 Å². The van der Waals surface area contributed by atoms with Crippen molar-refractivity contribution >= 4 is 8.03 Å². The second-order valence-corrected chi connectivity index (χ2v) is 2.31. The quantitative estimate of drug-likeness (QED) is 0.410. The highest BCUT2D eigenvalue weighted by atomic mass is 31.1. The van der Waals surface area contributed by atoms with Crippen molar-refractivity contribution in [2.45, 2.75) is 0 Å². The van der Waals surface area contributed by atoms with E-state index in [0.29, 0.717) is 0 Å².